The summed E-state index contributed by atoms with van der Waals surface area (Å²) in [6.45, 7) is 1.54. The number of aromatic hydroxyl groups is 1. The molecule has 48 heavy (non-hydrogen) atoms. The van der Waals surface area contributed by atoms with Crippen molar-refractivity contribution in [2.24, 2.45) is 29.1 Å². The second-order valence-electron chi connectivity index (χ2n) is 12.6. The number of allylic oxidation sites excluding steroid dienone is 2. The molecule has 246 valence electrons. The van der Waals surface area contributed by atoms with E-state index in [0.29, 0.717) is 5.57 Å². The Kier molecular flexibility index (Phi) is 6.97. The molecule has 2 heterocycles. The summed E-state index contributed by atoms with van der Waals surface area (Å²) in [6, 6.07) is 16.0. The van der Waals surface area contributed by atoms with E-state index in [4.69, 9.17) is 0 Å². The molecule has 3 aromatic carbocycles. The molecule has 11 nitrogen and oxygen atoms in total. The molecule has 6 atom stereocenters. The van der Waals surface area contributed by atoms with Gasteiger partial charge in [0.1, 0.15) is 11.5 Å². The Labute approximate surface area is 270 Å². The molecule has 2 saturated heterocycles. The first-order valence-corrected chi connectivity index (χ1v) is 15.1. The van der Waals surface area contributed by atoms with Gasteiger partial charge in [-0.2, -0.15) is 0 Å². The lowest BCUT2D eigenvalue weighted by Gasteiger charge is -2.49. The second-order valence-corrected chi connectivity index (χ2v) is 12.6. The Bertz CT molecular complexity index is 1930. The van der Waals surface area contributed by atoms with Gasteiger partial charge in [-0.1, -0.05) is 29.8 Å². The van der Waals surface area contributed by atoms with Crippen molar-refractivity contribution in [2.75, 3.05) is 9.80 Å². The predicted molar refractivity (Wildman–Crippen MR) is 161 cm³/mol. The molecule has 0 unspecified atom stereocenters. The van der Waals surface area contributed by atoms with E-state index in [1.54, 1.807) is 36.4 Å². The molecule has 1 N–H and O–H groups in total. The number of hydrogen-bond acceptors (Lipinski definition) is 8. The number of anilines is 2. The number of halogens is 3. The van der Waals surface area contributed by atoms with Gasteiger partial charge in [0.05, 0.1) is 39.5 Å². The van der Waals surface area contributed by atoms with E-state index in [2.05, 4.69) is 4.74 Å². The highest BCUT2D eigenvalue weighted by atomic mass is 19.4. The first-order chi connectivity index (χ1) is 22.7. The summed E-state index contributed by atoms with van der Waals surface area (Å²) in [5, 5.41) is 22.3. The molecule has 0 aromatic heterocycles. The Balaban J connectivity index is 1.36. The van der Waals surface area contributed by atoms with E-state index in [-0.39, 0.29) is 35.5 Å². The van der Waals surface area contributed by atoms with Crippen LogP contribution >= 0.6 is 0 Å². The van der Waals surface area contributed by atoms with Gasteiger partial charge in [0.15, 0.2) is 0 Å². The summed E-state index contributed by atoms with van der Waals surface area (Å²) in [5.74, 6) is -8.40. The van der Waals surface area contributed by atoms with Crippen LogP contribution in [0.25, 0.3) is 0 Å². The molecule has 3 aromatic rings. The van der Waals surface area contributed by atoms with Crippen LogP contribution in [0.15, 0.2) is 84.4 Å². The Morgan fingerprint density at radius 3 is 2.21 bits per heavy atom. The van der Waals surface area contributed by atoms with Gasteiger partial charge in [0.25, 0.3) is 5.69 Å². The summed E-state index contributed by atoms with van der Waals surface area (Å²) in [4.78, 5) is 69.0. The fraction of sp³-hybridized carbons (Fsp3) is 0.294. The lowest BCUT2D eigenvalue weighted by molar-refractivity contribution is -0.384. The number of hydrogen-bond donors (Lipinski definition) is 1. The number of fused-ring (bicyclic) bond motifs is 4. The van der Waals surface area contributed by atoms with Crippen molar-refractivity contribution < 1.29 is 47.1 Å². The van der Waals surface area contributed by atoms with E-state index >= 15 is 0 Å². The molecule has 0 radical (unpaired) electrons. The molecule has 0 bridgehead atoms. The zero-order valence-corrected chi connectivity index (χ0v) is 25.1. The second kappa shape index (κ2) is 10.8. The molecule has 2 aliphatic carbocycles. The minimum absolute atomic E-state index is 0.0272. The van der Waals surface area contributed by atoms with E-state index < -0.39 is 81.4 Å². The SMILES string of the molecule is C[C@@]12C(=O)N(c3ccccc3)C(=O)[C@@H]1C[C@@H]1C(=CC[C@@H]3C(=O)N(c4ccc([N+](=O)[O-])cc4)C(=O)[C@@H]31)[C@@H]2c1cc(OC(F)(F)F)ccc1O. The van der Waals surface area contributed by atoms with E-state index in [1.165, 1.54) is 31.2 Å². The van der Waals surface area contributed by atoms with Crippen molar-refractivity contribution in [1.82, 2.24) is 0 Å². The number of rotatable bonds is 5. The van der Waals surface area contributed by atoms with Crippen LogP contribution in [0.4, 0.5) is 30.2 Å². The minimum atomic E-state index is -5.06. The normalized spacial score (nSPS) is 28.2. The Morgan fingerprint density at radius 1 is 0.896 bits per heavy atom. The molecular weight excluding hydrogens is 635 g/mol. The lowest BCUT2D eigenvalue weighted by atomic mass is 9.51. The minimum Gasteiger partial charge on any atom is -0.508 e. The molecule has 14 heteroatoms. The zero-order valence-electron chi connectivity index (χ0n) is 25.1. The average molecular weight is 662 g/mol. The van der Waals surface area contributed by atoms with Crippen molar-refractivity contribution in [3.63, 3.8) is 0 Å². The molecular formula is C34H26F3N3O8. The maximum atomic E-state index is 14.4. The van der Waals surface area contributed by atoms with Crippen molar-refractivity contribution >= 4 is 40.7 Å². The number of nitro groups is 1. The van der Waals surface area contributed by atoms with Crippen LogP contribution in [0.3, 0.4) is 0 Å². The maximum Gasteiger partial charge on any atom is 0.573 e. The molecule has 1 saturated carbocycles. The first kappa shape index (κ1) is 31.1. The summed E-state index contributed by atoms with van der Waals surface area (Å²) in [5.41, 5.74) is -1.10. The number of benzene rings is 3. The summed E-state index contributed by atoms with van der Waals surface area (Å²) in [6.07, 6.45) is -3.37. The largest absolute Gasteiger partial charge is 0.573 e. The van der Waals surface area contributed by atoms with Crippen molar-refractivity contribution in [3.05, 3.63) is 100 Å². The van der Waals surface area contributed by atoms with Gasteiger partial charge >= 0.3 is 6.36 Å². The van der Waals surface area contributed by atoms with Crippen molar-refractivity contribution in [1.29, 1.82) is 0 Å². The number of amides is 4. The number of ether oxygens (including phenoxy) is 1. The quantitative estimate of drug-likeness (QED) is 0.160. The van der Waals surface area contributed by atoms with Crippen LogP contribution < -0.4 is 14.5 Å². The number of non-ortho nitro benzene ring substituents is 1. The number of phenols is 1. The number of nitrogens with zero attached hydrogens (tertiary/aromatic N) is 3. The zero-order chi connectivity index (χ0) is 34.3. The molecule has 0 spiro atoms. The Hall–Kier alpha value is -5.53. The summed E-state index contributed by atoms with van der Waals surface area (Å²) < 4.78 is 44.0. The van der Waals surface area contributed by atoms with E-state index in [1.807, 2.05) is 0 Å². The predicted octanol–water partition coefficient (Wildman–Crippen LogP) is 5.63. The number of phenolic OH excluding ortho intramolecular Hbond substituents is 1. The van der Waals surface area contributed by atoms with Gasteiger partial charge in [-0.05, 0) is 68.1 Å². The number of carbonyl (C=O) groups is 4. The van der Waals surface area contributed by atoms with Crippen molar-refractivity contribution in [3.8, 4) is 11.5 Å². The molecule has 3 fully saturated rings. The maximum absolute atomic E-state index is 14.4. The van der Waals surface area contributed by atoms with Gasteiger partial charge in [0, 0.05) is 23.6 Å². The molecule has 7 rings (SSSR count). The van der Waals surface area contributed by atoms with Gasteiger partial charge in [-0.3, -0.25) is 34.2 Å². The number of para-hydroxylation sites is 1. The number of imide groups is 2. The molecule has 4 aliphatic rings. The summed E-state index contributed by atoms with van der Waals surface area (Å²) in [7, 11) is 0. The van der Waals surface area contributed by atoms with Crippen LogP contribution in [0.1, 0.15) is 31.2 Å². The fourth-order valence-electron chi connectivity index (χ4n) is 8.12. The average Bonchev–Trinajstić information content (AvgIpc) is 3.41. The topological polar surface area (TPSA) is 147 Å². The lowest BCUT2D eigenvalue weighted by Crippen LogP contribution is -2.49. The van der Waals surface area contributed by atoms with Gasteiger partial charge in [0.2, 0.25) is 23.6 Å². The van der Waals surface area contributed by atoms with Crippen LogP contribution in [-0.4, -0.2) is 40.0 Å². The fourth-order valence-corrected chi connectivity index (χ4v) is 8.12. The van der Waals surface area contributed by atoms with Crippen LogP contribution in [0, 0.1) is 39.2 Å². The highest BCUT2D eigenvalue weighted by Crippen LogP contribution is 2.64. The number of nitro benzene ring substituents is 1. The van der Waals surface area contributed by atoms with Gasteiger partial charge in [-0.25, -0.2) is 4.90 Å². The number of carbonyl (C=O) groups excluding carboxylic acids is 4. The smallest absolute Gasteiger partial charge is 0.508 e. The van der Waals surface area contributed by atoms with Gasteiger partial charge < -0.3 is 9.84 Å². The van der Waals surface area contributed by atoms with Crippen LogP contribution in [0.2, 0.25) is 0 Å². The Morgan fingerprint density at radius 2 is 1.56 bits per heavy atom. The summed E-state index contributed by atoms with van der Waals surface area (Å²) >= 11 is 0. The van der Waals surface area contributed by atoms with E-state index in [9.17, 15) is 47.6 Å². The van der Waals surface area contributed by atoms with Crippen LogP contribution in [-0.2, 0) is 19.2 Å². The first-order valence-electron chi connectivity index (χ1n) is 15.1. The number of alkyl halides is 3. The van der Waals surface area contributed by atoms with Crippen LogP contribution in [0.5, 0.6) is 11.5 Å². The van der Waals surface area contributed by atoms with E-state index in [0.717, 1.165) is 28.0 Å². The monoisotopic (exact) mass is 661 g/mol. The standard InChI is InChI=1S/C34H26F3N3O8/c1-33-25(30(43)39(32(33)45)17-5-3-2-4-6-17)16-23-21(28(33)24-15-20(11-14-26(24)41)48-34(35,36)37)12-13-22-27(23)31(44)38(29(22)42)18-7-9-19(10-8-18)40(46)47/h2-12,14-15,22-23,25,27-28,41H,13,16H2,1H3/t22-,23+,25-,27-,28+,33+/m0/s1. The third-order valence-corrected chi connectivity index (χ3v) is 10.2. The third kappa shape index (κ3) is 4.57. The van der Waals surface area contributed by atoms with Crippen molar-refractivity contribution in [2.45, 2.75) is 32.0 Å². The molecule has 2 aliphatic heterocycles. The van der Waals surface area contributed by atoms with Gasteiger partial charge in [-0.15, -0.1) is 13.2 Å². The molecule has 4 amide bonds. The highest BCUT2D eigenvalue weighted by molar-refractivity contribution is 6.25. The third-order valence-electron chi connectivity index (χ3n) is 10.2. The highest BCUT2D eigenvalue weighted by Gasteiger charge is 2.68.